The van der Waals surface area contributed by atoms with E-state index in [4.69, 9.17) is 0 Å². The lowest BCUT2D eigenvalue weighted by molar-refractivity contribution is 0.446. The lowest BCUT2D eigenvalue weighted by Crippen LogP contribution is -1.99. The number of aromatic nitrogens is 2. The Labute approximate surface area is 121 Å². The fraction of sp³-hybridized carbons (Fsp3) is 0.0625. The summed E-state index contributed by atoms with van der Waals surface area (Å²) in [6.07, 6.45) is 1.71. The number of aromatic amines is 1. The number of rotatable bonds is 4. The molecule has 0 aliphatic rings. The highest BCUT2D eigenvalue weighted by Crippen LogP contribution is 2.24. The highest BCUT2D eigenvalue weighted by Gasteiger charge is 2.04. The van der Waals surface area contributed by atoms with Crippen LogP contribution in [0.4, 0.5) is 5.69 Å². The topological polar surface area (TPSA) is 81.2 Å². The highest BCUT2D eigenvalue weighted by atomic mass is 16.3. The molecule has 3 rings (SSSR count). The molecule has 1 heterocycles. The van der Waals surface area contributed by atoms with Crippen LogP contribution in [0.2, 0.25) is 0 Å². The monoisotopic (exact) mass is 281 g/mol. The largest absolute Gasteiger partial charge is 0.508 e. The number of nitrogens with zero attached hydrogens (tertiary/aromatic N) is 1. The van der Waals surface area contributed by atoms with E-state index in [1.165, 1.54) is 6.07 Å². The second-order valence-electron chi connectivity index (χ2n) is 4.72. The normalized spacial score (nSPS) is 10.5. The highest BCUT2D eigenvalue weighted by molar-refractivity contribution is 5.64. The Morgan fingerprint density at radius 1 is 1.05 bits per heavy atom. The number of phenols is 2. The predicted octanol–water partition coefficient (Wildman–Crippen LogP) is 3.10. The predicted molar refractivity (Wildman–Crippen MR) is 81.1 cm³/mol. The van der Waals surface area contributed by atoms with Crippen LogP contribution in [0.3, 0.4) is 0 Å². The van der Waals surface area contributed by atoms with Crippen molar-refractivity contribution in [2.24, 2.45) is 0 Å². The molecule has 5 heteroatoms. The minimum atomic E-state index is 0.0532. The lowest BCUT2D eigenvalue weighted by Gasteiger charge is -2.09. The van der Waals surface area contributed by atoms with Crippen LogP contribution in [0.1, 0.15) is 5.56 Å². The quantitative estimate of drug-likeness (QED) is 0.592. The van der Waals surface area contributed by atoms with Gasteiger partial charge in [0.1, 0.15) is 11.5 Å². The first kappa shape index (κ1) is 13.1. The third kappa shape index (κ3) is 2.97. The van der Waals surface area contributed by atoms with Crippen molar-refractivity contribution in [3.05, 3.63) is 60.3 Å². The van der Waals surface area contributed by atoms with E-state index in [2.05, 4.69) is 15.5 Å². The van der Waals surface area contributed by atoms with Gasteiger partial charge in [-0.15, -0.1) is 0 Å². The molecule has 4 N–H and O–H groups in total. The van der Waals surface area contributed by atoms with E-state index in [1.807, 2.05) is 30.3 Å². The number of aromatic hydroxyl groups is 2. The van der Waals surface area contributed by atoms with Crippen LogP contribution in [-0.2, 0) is 6.54 Å². The third-order valence-corrected chi connectivity index (χ3v) is 3.23. The van der Waals surface area contributed by atoms with Gasteiger partial charge in [0, 0.05) is 35.6 Å². The molecule has 0 aliphatic carbocycles. The SMILES string of the molecule is Oc1ccc(CNc2cccc(-c3ccn[nH]3)c2)c(O)c1. The van der Waals surface area contributed by atoms with E-state index >= 15 is 0 Å². The van der Waals surface area contributed by atoms with Crippen LogP contribution in [0.25, 0.3) is 11.3 Å². The fourth-order valence-corrected chi connectivity index (χ4v) is 2.11. The molecule has 0 amide bonds. The van der Waals surface area contributed by atoms with E-state index < -0.39 is 0 Å². The van der Waals surface area contributed by atoms with Gasteiger partial charge in [-0.25, -0.2) is 0 Å². The summed E-state index contributed by atoms with van der Waals surface area (Å²) in [5.41, 5.74) is 3.65. The van der Waals surface area contributed by atoms with Crippen LogP contribution < -0.4 is 5.32 Å². The van der Waals surface area contributed by atoms with Gasteiger partial charge in [0.15, 0.2) is 0 Å². The number of phenolic OH excluding ortho intramolecular Hbond substituents is 2. The van der Waals surface area contributed by atoms with Gasteiger partial charge in [-0.1, -0.05) is 12.1 Å². The third-order valence-electron chi connectivity index (χ3n) is 3.23. The molecule has 0 unspecified atom stereocenters. The minimum Gasteiger partial charge on any atom is -0.508 e. The van der Waals surface area contributed by atoms with E-state index in [0.29, 0.717) is 6.54 Å². The Morgan fingerprint density at radius 3 is 2.71 bits per heavy atom. The first-order valence-corrected chi connectivity index (χ1v) is 6.57. The maximum atomic E-state index is 9.76. The van der Waals surface area contributed by atoms with Gasteiger partial charge in [0.2, 0.25) is 0 Å². The van der Waals surface area contributed by atoms with Crippen molar-refractivity contribution in [1.29, 1.82) is 0 Å². The molecule has 0 atom stereocenters. The number of nitrogens with one attached hydrogen (secondary N) is 2. The van der Waals surface area contributed by atoms with Crippen molar-refractivity contribution in [2.45, 2.75) is 6.54 Å². The van der Waals surface area contributed by atoms with Crippen LogP contribution in [-0.4, -0.2) is 20.4 Å². The molecule has 21 heavy (non-hydrogen) atoms. The van der Waals surface area contributed by atoms with Crippen molar-refractivity contribution in [1.82, 2.24) is 10.2 Å². The molecular formula is C16H15N3O2. The zero-order chi connectivity index (χ0) is 14.7. The average Bonchev–Trinajstić information content (AvgIpc) is 3.01. The second kappa shape index (κ2) is 5.58. The van der Waals surface area contributed by atoms with Gasteiger partial charge in [-0.2, -0.15) is 5.10 Å². The number of hydrogen-bond donors (Lipinski definition) is 4. The molecule has 0 spiro atoms. The number of benzene rings is 2. The van der Waals surface area contributed by atoms with Crippen molar-refractivity contribution >= 4 is 5.69 Å². The van der Waals surface area contributed by atoms with Crippen molar-refractivity contribution in [2.75, 3.05) is 5.32 Å². The molecule has 2 aromatic carbocycles. The summed E-state index contributed by atoms with van der Waals surface area (Å²) >= 11 is 0. The Bertz CT molecular complexity index is 739. The number of hydrogen-bond acceptors (Lipinski definition) is 4. The Balaban J connectivity index is 1.75. The Morgan fingerprint density at radius 2 is 1.95 bits per heavy atom. The average molecular weight is 281 g/mol. The summed E-state index contributed by atoms with van der Waals surface area (Å²) in [4.78, 5) is 0. The maximum absolute atomic E-state index is 9.76. The lowest BCUT2D eigenvalue weighted by atomic mass is 10.1. The fourth-order valence-electron chi connectivity index (χ4n) is 2.11. The van der Waals surface area contributed by atoms with E-state index in [9.17, 15) is 10.2 Å². The van der Waals surface area contributed by atoms with E-state index in [-0.39, 0.29) is 11.5 Å². The van der Waals surface area contributed by atoms with Gasteiger partial charge in [-0.05, 0) is 30.3 Å². The molecule has 0 saturated heterocycles. The van der Waals surface area contributed by atoms with Gasteiger partial charge >= 0.3 is 0 Å². The summed E-state index contributed by atoms with van der Waals surface area (Å²) in [6.45, 7) is 0.471. The number of anilines is 1. The van der Waals surface area contributed by atoms with E-state index in [1.54, 1.807) is 18.3 Å². The van der Waals surface area contributed by atoms with E-state index in [0.717, 1.165) is 22.5 Å². The molecule has 0 saturated carbocycles. The molecule has 0 fully saturated rings. The molecule has 0 aliphatic heterocycles. The second-order valence-corrected chi connectivity index (χ2v) is 4.72. The Kier molecular flexibility index (Phi) is 3.47. The van der Waals surface area contributed by atoms with Gasteiger partial charge in [0.25, 0.3) is 0 Å². The van der Waals surface area contributed by atoms with Crippen molar-refractivity contribution in [3.8, 4) is 22.8 Å². The zero-order valence-corrected chi connectivity index (χ0v) is 11.2. The Hall–Kier alpha value is -2.95. The van der Waals surface area contributed by atoms with Crippen LogP contribution in [0.15, 0.2) is 54.7 Å². The first-order valence-electron chi connectivity index (χ1n) is 6.57. The molecule has 1 aromatic heterocycles. The zero-order valence-electron chi connectivity index (χ0n) is 11.2. The summed E-state index contributed by atoms with van der Waals surface area (Å²) in [5.74, 6) is 0.129. The summed E-state index contributed by atoms with van der Waals surface area (Å²) in [7, 11) is 0. The molecule has 5 nitrogen and oxygen atoms in total. The summed E-state index contributed by atoms with van der Waals surface area (Å²) in [6, 6.07) is 14.4. The molecule has 0 radical (unpaired) electrons. The molecule has 106 valence electrons. The van der Waals surface area contributed by atoms with Gasteiger partial charge in [-0.3, -0.25) is 5.10 Å². The van der Waals surface area contributed by atoms with Gasteiger partial charge < -0.3 is 15.5 Å². The molecule has 0 bridgehead atoms. The number of H-pyrrole nitrogens is 1. The van der Waals surface area contributed by atoms with Crippen LogP contribution in [0.5, 0.6) is 11.5 Å². The molecular weight excluding hydrogens is 266 g/mol. The molecule has 3 aromatic rings. The first-order chi connectivity index (χ1) is 10.2. The van der Waals surface area contributed by atoms with Crippen molar-refractivity contribution in [3.63, 3.8) is 0 Å². The van der Waals surface area contributed by atoms with Gasteiger partial charge in [0.05, 0.1) is 5.69 Å². The van der Waals surface area contributed by atoms with Crippen LogP contribution in [0, 0.1) is 0 Å². The van der Waals surface area contributed by atoms with Crippen molar-refractivity contribution < 1.29 is 10.2 Å². The smallest absolute Gasteiger partial charge is 0.124 e. The maximum Gasteiger partial charge on any atom is 0.124 e. The van der Waals surface area contributed by atoms with Crippen LogP contribution >= 0.6 is 0 Å². The summed E-state index contributed by atoms with van der Waals surface area (Å²) in [5, 5.41) is 29.1. The minimum absolute atomic E-state index is 0.0532. The summed E-state index contributed by atoms with van der Waals surface area (Å²) < 4.78 is 0. The standard InChI is InChI=1S/C16H15N3O2/c20-14-5-4-12(16(21)9-14)10-17-13-3-1-2-11(8-13)15-6-7-18-19-15/h1-9,17,20-21H,10H2,(H,18,19).